The van der Waals surface area contributed by atoms with Gasteiger partial charge in [0.25, 0.3) is 0 Å². The lowest BCUT2D eigenvalue weighted by atomic mass is 10.1. The molecule has 2 atom stereocenters. The van der Waals surface area contributed by atoms with Crippen LogP contribution in [0.4, 0.5) is 0 Å². The topological polar surface area (TPSA) is 81.5 Å². The number of unbranched alkanes of at least 4 members (excludes halogenated alkanes) is 1. The molecule has 0 aliphatic carbocycles. The minimum atomic E-state index is -0.840. The van der Waals surface area contributed by atoms with E-state index in [4.69, 9.17) is 16.6 Å². The molecule has 68 valence electrons. The summed E-state index contributed by atoms with van der Waals surface area (Å²) in [6, 6.07) is -0.286. The highest BCUT2D eigenvalue weighted by Gasteiger charge is 2.11. The van der Waals surface area contributed by atoms with Crippen molar-refractivity contribution in [2.24, 2.45) is 11.5 Å². The lowest BCUT2D eigenvalue weighted by molar-refractivity contribution is -0.0908. The molecule has 0 radical (unpaired) electrons. The molecule has 0 fully saturated rings. The van der Waals surface area contributed by atoms with Crippen molar-refractivity contribution in [1.29, 1.82) is 0 Å². The zero-order valence-corrected chi connectivity index (χ0v) is 6.99. The van der Waals surface area contributed by atoms with Crippen LogP contribution < -0.4 is 11.5 Å². The van der Waals surface area contributed by atoms with Crippen molar-refractivity contribution in [1.82, 2.24) is 0 Å². The average Bonchev–Trinajstić information content (AvgIpc) is 2.03. The van der Waals surface area contributed by atoms with Gasteiger partial charge in [0, 0.05) is 7.11 Å². The molecule has 0 aliphatic heterocycles. The van der Waals surface area contributed by atoms with Gasteiger partial charge in [-0.15, -0.1) is 0 Å². The number of nitrogens with two attached hydrogens (primary N) is 2. The zero-order valence-electron chi connectivity index (χ0n) is 6.99. The van der Waals surface area contributed by atoms with Crippen molar-refractivity contribution in [3.8, 4) is 0 Å². The molecule has 4 heteroatoms. The Labute approximate surface area is 67.5 Å². The molecular formula is C7H18N2O2. The van der Waals surface area contributed by atoms with Gasteiger partial charge >= 0.3 is 0 Å². The van der Waals surface area contributed by atoms with E-state index in [-0.39, 0.29) is 6.04 Å². The number of aliphatic hydroxyl groups is 1. The van der Waals surface area contributed by atoms with E-state index in [1.807, 2.05) is 0 Å². The Morgan fingerprint density at radius 2 is 2.09 bits per heavy atom. The maximum atomic E-state index is 9.05. The second kappa shape index (κ2) is 6.54. The van der Waals surface area contributed by atoms with Gasteiger partial charge < -0.3 is 21.3 Å². The number of methoxy groups -OCH3 is 1. The van der Waals surface area contributed by atoms with Gasteiger partial charge in [-0.25, -0.2) is 0 Å². The molecule has 0 rings (SSSR count). The first kappa shape index (κ1) is 10.8. The minimum absolute atomic E-state index is 0.286. The predicted octanol–water partition coefficient (Wildman–Crippen LogP) is -0.592. The van der Waals surface area contributed by atoms with Crippen molar-refractivity contribution in [2.45, 2.75) is 31.6 Å². The Hall–Kier alpha value is -0.160. The molecule has 0 saturated carbocycles. The van der Waals surface area contributed by atoms with Crippen molar-refractivity contribution in [3.05, 3.63) is 0 Å². The van der Waals surface area contributed by atoms with Crippen LogP contribution >= 0.6 is 0 Å². The van der Waals surface area contributed by atoms with Crippen LogP contribution in [0.1, 0.15) is 19.3 Å². The smallest absolute Gasteiger partial charge is 0.169 e. The van der Waals surface area contributed by atoms with Crippen LogP contribution in [0.15, 0.2) is 0 Å². The number of aliphatic hydroxyl groups excluding tert-OH is 1. The average molecular weight is 162 g/mol. The molecule has 0 heterocycles. The van der Waals surface area contributed by atoms with Crippen LogP contribution in [-0.4, -0.2) is 31.1 Å². The Bertz CT molecular complexity index is 90.5. The highest BCUT2D eigenvalue weighted by Crippen LogP contribution is 2.02. The summed E-state index contributed by atoms with van der Waals surface area (Å²) < 4.78 is 4.64. The fourth-order valence-electron chi connectivity index (χ4n) is 0.842. The molecule has 0 aromatic heterocycles. The molecule has 5 N–H and O–H groups in total. The lowest BCUT2D eigenvalue weighted by Gasteiger charge is -2.16. The standard InChI is InChI=1S/C7H18N2O2/c1-11-7(10)6(9)4-2-3-5-8/h6-7,10H,2-5,8-9H2,1H3. The van der Waals surface area contributed by atoms with Crippen molar-refractivity contribution in [2.75, 3.05) is 13.7 Å². The number of hydrogen-bond acceptors (Lipinski definition) is 4. The van der Waals surface area contributed by atoms with Gasteiger partial charge in [0.15, 0.2) is 6.29 Å². The molecular weight excluding hydrogens is 144 g/mol. The van der Waals surface area contributed by atoms with Gasteiger partial charge in [-0.3, -0.25) is 0 Å². The maximum Gasteiger partial charge on any atom is 0.169 e. The first-order valence-electron chi connectivity index (χ1n) is 3.89. The third-order valence-corrected chi connectivity index (χ3v) is 1.60. The SMILES string of the molecule is COC(O)C(N)CCCCN. The zero-order chi connectivity index (χ0) is 8.69. The van der Waals surface area contributed by atoms with Gasteiger partial charge in [0.1, 0.15) is 0 Å². The molecule has 0 aromatic rings. The molecule has 0 aromatic carbocycles. The van der Waals surface area contributed by atoms with E-state index in [1.165, 1.54) is 7.11 Å². The van der Waals surface area contributed by atoms with E-state index in [9.17, 15) is 0 Å². The molecule has 0 saturated heterocycles. The van der Waals surface area contributed by atoms with Crippen LogP contribution in [0.25, 0.3) is 0 Å². The second-order valence-electron chi connectivity index (χ2n) is 2.57. The van der Waals surface area contributed by atoms with Crippen molar-refractivity contribution >= 4 is 0 Å². The normalized spacial score (nSPS) is 16.4. The Kier molecular flexibility index (Phi) is 6.45. The lowest BCUT2D eigenvalue weighted by Crippen LogP contribution is -2.35. The van der Waals surface area contributed by atoms with Crippen LogP contribution in [0.2, 0.25) is 0 Å². The van der Waals surface area contributed by atoms with Crippen molar-refractivity contribution < 1.29 is 9.84 Å². The fourth-order valence-corrected chi connectivity index (χ4v) is 0.842. The maximum absolute atomic E-state index is 9.05. The highest BCUT2D eigenvalue weighted by atomic mass is 16.6. The molecule has 4 nitrogen and oxygen atoms in total. The molecule has 0 aliphatic rings. The second-order valence-corrected chi connectivity index (χ2v) is 2.57. The van der Waals surface area contributed by atoms with Gasteiger partial charge in [0.2, 0.25) is 0 Å². The summed E-state index contributed by atoms with van der Waals surface area (Å²) in [7, 11) is 1.44. The minimum Gasteiger partial charge on any atom is -0.367 e. The number of ether oxygens (including phenoxy) is 1. The van der Waals surface area contributed by atoms with Crippen LogP contribution in [-0.2, 0) is 4.74 Å². The number of rotatable bonds is 6. The summed E-state index contributed by atoms with van der Waals surface area (Å²) >= 11 is 0. The summed E-state index contributed by atoms with van der Waals surface area (Å²) in [5, 5.41) is 9.05. The third-order valence-electron chi connectivity index (χ3n) is 1.60. The third kappa shape index (κ3) is 5.15. The van der Waals surface area contributed by atoms with E-state index in [2.05, 4.69) is 4.74 Å². The predicted molar refractivity (Wildman–Crippen MR) is 43.9 cm³/mol. The van der Waals surface area contributed by atoms with Gasteiger partial charge in [0.05, 0.1) is 6.04 Å². The quantitative estimate of drug-likeness (QED) is 0.360. The van der Waals surface area contributed by atoms with Crippen molar-refractivity contribution in [3.63, 3.8) is 0 Å². The first-order chi connectivity index (χ1) is 5.22. The largest absolute Gasteiger partial charge is 0.367 e. The summed E-state index contributed by atoms with van der Waals surface area (Å²) in [6.45, 7) is 0.676. The van der Waals surface area contributed by atoms with Gasteiger partial charge in [-0.05, 0) is 19.4 Å². The molecule has 0 bridgehead atoms. The highest BCUT2D eigenvalue weighted by molar-refractivity contribution is 4.63. The van der Waals surface area contributed by atoms with Crippen LogP contribution in [0, 0.1) is 0 Å². The number of hydrogen-bond donors (Lipinski definition) is 3. The summed E-state index contributed by atoms with van der Waals surface area (Å²) in [5.74, 6) is 0. The molecule has 0 amide bonds. The summed E-state index contributed by atoms with van der Waals surface area (Å²) in [5.41, 5.74) is 10.8. The van der Waals surface area contributed by atoms with E-state index < -0.39 is 6.29 Å². The Morgan fingerprint density at radius 1 is 1.45 bits per heavy atom. The van der Waals surface area contributed by atoms with Crippen LogP contribution in [0.5, 0.6) is 0 Å². The fraction of sp³-hybridized carbons (Fsp3) is 1.00. The van der Waals surface area contributed by atoms with E-state index in [1.54, 1.807) is 0 Å². The van der Waals surface area contributed by atoms with E-state index in [0.29, 0.717) is 6.54 Å². The summed E-state index contributed by atoms with van der Waals surface area (Å²) in [4.78, 5) is 0. The summed E-state index contributed by atoms with van der Waals surface area (Å²) in [6.07, 6.45) is 1.81. The van der Waals surface area contributed by atoms with E-state index >= 15 is 0 Å². The van der Waals surface area contributed by atoms with Gasteiger partial charge in [-0.1, -0.05) is 6.42 Å². The van der Waals surface area contributed by atoms with E-state index in [0.717, 1.165) is 19.3 Å². The molecule has 0 spiro atoms. The molecule has 11 heavy (non-hydrogen) atoms. The first-order valence-corrected chi connectivity index (χ1v) is 3.89. The van der Waals surface area contributed by atoms with Crippen LogP contribution in [0.3, 0.4) is 0 Å². The monoisotopic (exact) mass is 162 g/mol. The van der Waals surface area contributed by atoms with Gasteiger partial charge in [-0.2, -0.15) is 0 Å². The Balaban J connectivity index is 3.28. The Morgan fingerprint density at radius 3 is 2.55 bits per heavy atom. The molecule has 2 unspecified atom stereocenters.